The summed E-state index contributed by atoms with van der Waals surface area (Å²) < 4.78 is 6.46. The summed E-state index contributed by atoms with van der Waals surface area (Å²) in [5.41, 5.74) is 3.24. The Morgan fingerprint density at radius 1 is 1.09 bits per heavy atom. The molecule has 1 aliphatic heterocycles. The second-order valence-electron chi connectivity index (χ2n) is 7.86. The van der Waals surface area contributed by atoms with E-state index in [1.54, 1.807) is 17.1 Å². The number of anilines is 1. The minimum Gasteiger partial charge on any atom is -0.375 e. The first-order valence-electron chi connectivity index (χ1n) is 10.5. The minimum atomic E-state index is -0.242. The number of piperazine rings is 1. The Kier molecular flexibility index (Phi) is 6.63. The third-order valence-corrected chi connectivity index (χ3v) is 5.64. The Morgan fingerprint density at radius 2 is 1.84 bits per heavy atom. The first-order chi connectivity index (χ1) is 15.5. The van der Waals surface area contributed by atoms with Crippen LogP contribution in [0.4, 0.5) is 5.69 Å². The lowest BCUT2D eigenvalue weighted by Crippen LogP contribution is -2.49. The second-order valence-corrected chi connectivity index (χ2v) is 7.86. The molecular formula is C24H27N5O3. The molecule has 0 bridgehead atoms. The predicted molar refractivity (Wildman–Crippen MR) is 122 cm³/mol. The summed E-state index contributed by atoms with van der Waals surface area (Å²) in [4.78, 5) is 29.0. The number of carbonyl (C=O) groups excluding carboxylic acids is 2. The number of benzene rings is 2. The molecule has 1 aromatic heterocycles. The van der Waals surface area contributed by atoms with Crippen molar-refractivity contribution in [1.29, 1.82) is 0 Å². The Hall–Kier alpha value is -3.49. The Labute approximate surface area is 187 Å². The molecule has 32 heavy (non-hydrogen) atoms. The van der Waals surface area contributed by atoms with Crippen LogP contribution < -0.4 is 5.32 Å². The van der Waals surface area contributed by atoms with Gasteiger partial charge in [-0.25, -0.2) is 4.68 Å². The summed E-state index contributed by atoms with van der Waals surface area (Å²) in [6.45, 7) is 2.17. The molecule has 1 saturated heterocycles. The number of likely N-dealkylation sites (N-methyl/N-ethyl adjacent to an activating group) is 1. The molecule has 8 heteroatoms. The topological polar surface area (TPSA) is 79.7 Å². The fourth-order valence-electron chi connectivity index (χ4n) is 3.89. The summed E-state index contributed by atoms with van der Waals surface area (Å²) >= 11 is 0. The Bertz CT molecular complexity index is 1060. The van der Waals surface area contributed by atoms with Crippen LogP contribution in [0.25, 0.3) is 5.69 Å². The van der Waals surface area contributed by atoms with Crippen LogP contribution in [0.1, 0.15) is 22.0 Å². The van der Waals surface area contributed by atoms with E-state index < -0.39 is 0 Å². The van der Waals surface area contributed by atoms with Crippen molar-refractivity contribution in [2.45, 2.75) is 6.04 Å². The molecule has 4 rings (SSSR count). The van der Waals surface area contributed by atoms with Gasteiger partial charge in [0.05, 0.1) is 29.8 Å². The lowest BCUT2D eigenvalue weighted by molar-refractivity contribution is -0.119. The number of hydrogen-bond acceptors (Lipinski definition) is 5. The van der Waals surface area contributed by atoms with Gasteiger partial charge in [0.2, 0.25) is 5.91 Å². The maximum Gasteiger partial charge on any atom is 0.253 e. The van der Waals surface area contributed by atoms with Crippen LogP contribution in [0, 0.1) is 0 Å². The molecule has 1 fully saturated rings. The zero-order chi connectivity index (χ0) is 22.5. The van der Waals surface area contributed by atoms with Crippen molar-refractivity contribution in [2.75, 3.05) is 45.7 Å². The van der Waals surface area contributed by atoms with Gasteiger partial charge in [0.15, 0.2) is 0 Å². The molecule has 0 saturated carbocycles. The molecule has 2 heterocycles. The minimum absolute atomic E-state index is 0.0145. The predicted octanol–water partition coefficient (Wildman–Crippen LogP) is 2.59. The van der Waals surface area contributed by atoms with Crippen molar-refractivity contribution in [3.63, 3.8) is 0 Å². The van der Waals surface area contributed by atoms with Crippen molar-refractivity contribution >= 4 is 17.5 Å². The quantitative estimate of drug-likeness (QED) is 0.646. The van der Waals surface area contributed by atoms with Crippen LogP contribution in [0.3, 0.4) is 0 Å². The summed E-state index contributed by atoms with van der Waals surface area (Å²) in [6, 6.07) is 17.8. The fourth-order valence-corrected chi connectivity index (χ4v) is 3.89. The van der Waals surface area contributed by atoms with Crippen molar-refractivity contribution in [1.82, 2.24) is 19.6 Å². The number of rotatable bonds is 6. The van der Waals surface area contributed by atoms with E-state index in [1.807, 2.05) is 47.4 Å². The zero-order valence-electron chi connectivity index (χ0n) is 18.3. The molecule has 2 amide bonds. The van der Waals surface area contributed by atoms with Crippen LogP contribution in [-0.2, 0) is 9.53 Å². The van der Waals surface area contributed by atoms with Crippen LogP contribution >= 0.6 is 0 Å². The molecule has 0 aliphatic carbocycles. The maximum atomic E-state index is 13.1. The normalized spacial score (nSPS) is 16.7. The number of methoxy groups -OCH3 is 1. The molecule has 2 aromatic carbocycles. The van der Waals surface area contributed by atoms with Gasteiger partial charge in [0, 0.05) is 32.3 Å². The largest absolute Gasteiger partial charge is 0.375 e. The summed E-state index contributed by atoms with van der Waals surface area (Å²) in [6.07, 6.45) is 3.29. The number of nitrogens with one attached hydrogen (secondary N) is 1. The van der Waals surface area contributed by atoms with Crippen molar-refractivity contribution in [3.8, 4) is 5.69 Å². The van der Waals surface area contributed by atoms with Gasteiger partial charge in [-0.15, -0.1) is 0 Å². The molecule has 0 spiro atoms. The summed E-state index contributed by atoms with van der Waals surface area (Å²) in [5, 5.41) is 6.99. The van der Waals surface area contributed by atoms with Crippen LogP contribution in [0.2, 0.25) is 0 Å². The maximum absolute atomic E-state index is 13.1. The van der Waals surface area contributed by atoms with E-state index in [9.17, 15) is 9.59 Å². The third kappa shape index (κ3) is 4.87. The van der Waals surface area contributed by atoms with E-state index in [0.29, 0.717) is 24.3 Å². The van der Waals surface area contributed by atoms with Crippen molar-refractivity contribution < 1.29 is 14.3 Å². The van der Waals surface area contributed by atoms with Gasteiger partial charge in [-0.05, 0) is 36.9 Å². The van der Waals surface area contributed by atoms with E-state index in [1.165, 1.54) is 12.7 Å². The average Bonchev–Trinajstić information content (AvgIpc) is 3.28. The average molecular weight is 434 g/mol. The van der Waals surface area contributed by atoms with E-state index in [4.69, 9.17) is 4.74 Å². The highest BCUT2D eigenvalue weighted by Crippen LogP contribution is 2.25. The van der Waals surface area contributed by atoms with Gasteiger partial charge in [0.1, 0.15) is 6.61 Å². The molecular weight excluding hydrogens is 406 g/mol. The van der Waals surface area contributed by atoms with Crippen LogP contribution in [0.15, 0.2) is 67.0 Å². The first-order valence-corrected chi connectivity index (χ1v) is 10.5. The zero-order valence-corrected chi connectivity index (χ0v) is 18.3. The molecule has 1 N–H and O–H groups in total. The molecule has 8 nitrogen and oxygen atoms in total. The third-order valence-electron chi connectivity index (χ3n) is 5.64. The number of amides is 2. The van der Waals surface area contributed by atoms with E-state index >= 15 is 0 Å². The van der Waals surface area contributed by atoms with Gasteiger partial charge in [-0.3, -0.25) is 14.5 Å². The summed E-state index contributed by atoms with van der Waals surface area (Å²) in [5.74, 6) is -0.215. The number of carbonyl (C=O) groups is 2. The molecule has 166 valence electrons. The van der Waals surface area contributed by atoms with E-state index in [-0.39, 0.29) is 24.5 Å². The molecule has 3 aromatic rings. The SMILES string of the molecule is COCC(=O)Nc1cnn(-c2ccc(C(=O)N3CCN(C)[C@@H](c4ccccc4)C3)cc2)c1. The number of ether oxygens (including phenoxy) is 1. The summed E-state index contributed by atoms with van der Waals surface area (Å²) in [7, 11) is 3.57. The van der Waals surface area contributed by atoms with Gasteiger partial charge < -0.3 is 15.0 Å². The monoisotopic (exact) mass is 433 g/mol. The van der Waals surface area contributed by atoms with E-state index in [2.05, 4.69) is 34.5 Å². The highest BCUT2D eigenvalue weighted by atomic mass is 16.5. The Balaban J connectivity index is 1.43. The second kappa shape index (κ2) is 9.76. The van der Waals surface area contributed by atoms with Gasteiger partial charge in [0.25, 0.3) is 5.91 Å². The molecule has 0 unspecified atom stereocenters. The first kappa shape index (κ1) is 21.7. The lowest BCUT2D eigenvalue weighted by Gasteiger charge is -2.39. The van der Waals surface area contributed by atoms with Crippen LogP contribution in [0.5, 0.6) is 0 Å². The molecule has 1 aliphatic rings. The van der Waals surface area contributed by atoms with Crippen molar-refractivity contribution in [2.24, 2.45) is 0 Å². The van der Waals surface area contributed by atoms with Gasteiger partial charge >= 0.3 is 0 Å². The standard InChI is InChI=1S/C24H27N5O3/c1-27-12-13-28(16-22(27)18-6-4-3-5-7-18)24(31)19-8-10-21(11-9-19)29-15-20(14-25-29)26-23(30)17-32-2/h3-11,14-15,22H,12-13,16-17H2,1-2H3,(H,26,30)/t22-/m1/s1. The highest BCUT2D eigenvalue weighted by molar-refractivity contribution is 5.94. The van der Waals surface area contributed by atoms with E-state index in [0.717, 1.165) is 12.2 Å². The highest BCUT2D eigenvalue weighted by Gasteiger charge is 2.28. The van der Waals surface area contributed by atoms with Gasteiger partial charge in [-0.2, -0.15) is 5.10 Å². The van der Waals surface area contributed by atoms with Crippen LogP contribution in [-0.4, -0.2) is 71.8 Å². The Morgan fingerprint density at radius 3 is 2.56 bits per heavy atom. The molecule has 1 atom stereocenters. The number of aromatic nitrogens is 2. The number of hydrogen-bond donors (Lipinski definition) is 1. The lowest BCUT2D eigenvalue weighted by atomic mass is 10.0. The number of nitrogens with zero attached hydrogens (tertiary/aromatic N) is 4. The fraction of sp³-hybridized carbons (Fsp3) is 0.292. The van der Waals surface area contributed by atoms with Gasteiger partial charge in [-0.1, -0.05) is 30.3 Å². The molecule has 0 radical (unpaired) electrons. The smallest absolute Gasteiger partial charge is 0.253 e. The van der Waals surface area contributed by atoms with Crippen molar-refractivity contribution in [3.05, 3.63) is 78.1 Å².